The Balaban J connectivity index is 2.14. The summed E-state index contributed by atoms with van der Waals surface area (Å²) >= 11 is 0. The summed E-state index contributed by atoms with van der Waals surface area (Å²) in [5.41, 5.74) is 4.86. The van der Waals surface area contributed by atoms with Gasteiger partial charge >= 0.3 is 0 Å². The van der Waals surface area contributed by atoms with Gasteiger partial charge in [-0.25, -0.2) is 15.8 Å². The number of anilines is 1. The molecule has 21 heavy (non-hydrogen) atoms. The smallest absolute Gasteiger partial charge is 0.143 e. The van der Waals surface area contributed by atoms with E-state index < -0.39 is 0 Å². The van der Waals surface area contributed by atoms with Crippen molar-refractivity contribution in [2.45, 2.75) is 44.4 Å². The molecule has 0 saturated heterocycles. The fourth-order valence-corrected chi connectivity index (χ4v) is 3.41. The van der Waals surface area contributed by atoms with Crippen LogP contribution in [-0.2, 0) is 5.41 Å². The van der Waals surface area contributed by atoms with E-state index in [2.05, 4.69) is 40.7 Å². The van der Waals surface area contributed by atoms with E-state index >= 15 is 0 Å². The van der Waals surface area contributed by atoms with E-state index in [0.717, 1.165) is 24.4 Å². The second kappa shape index (κ2) is 5.82. The average Bonchev–Trinajstić information content (AvgIpc) is 2.55. The van der Waals surface area contributed by atoms with Gasteiger partial charge in [0.2, 0.25) is 0 Å². The molecule has 1 heterocycles. The van der Waals surface area contributed by atoms with Crippen LogP contribution in [0.1, 0.15) is 49.2 Å². The number of nitrogen functional groups attached to an aromatic ring is 1. The molecule has 0 bridgehead atoms. The van der Waals surface area contributed by atoms with E-state index in [9.17, 15) is 0 Å². The lowest BCUT2D eigenvalue weighted by Gasteiger charge is -2.36. The van der Waals surface area contributed by atoms with E-state index in [1.54, 1.807) is 0 Å². The standard InChI is InChI=1S/C17H22N4/c1-13-12-15(21-18)20-16(19-13)17(10-6-3-7-11-17)14-8-4-2-5-9-14/h2,4-5,8-9,12H,3,6-7,10-11,18H2,1H3,(H,19,20,21). The molecule has 0 spiro atoms. The molecule has 4 heteroatoms. The lowest BCUT2D eigenvalue weighted by Crippen LogP contribution is -2.33. The number of hydrogen-bond donors (Lipinski definition) is 2. The minimum Gasteiger partial charge on any atom is -0.308 e. The van der Waals surface area contributed by atoms with Crippen molar-refractivity contribution < 1.29 is 0 Å². The quantitative estimate of drug-likeness (QED) is 0.669. The molecule has 3 rings (SSSR count). The monoisotopic (exact) mass is 282 g/mol. The molecule has 1 aromatic carbocycles. The van der Waals surface area contributed by atoms with E-state index in [0.29, 0.717) is 5.82 Å². The second-order valence-electron chi connectivity index (χ2n) is 5.87. The minimum absolute atomic E-state index is 0.0723. The van der Waals surface area contributed by atoms with Gasteiger partial charge in [-0.3, -0.25) is 0 Å². The SMILES string of the molecule is Cc1cc(NN)nc(C2(c3ccccc3)CCCCC2)n1. The molecule has 0 amide bonds. The zero-order valence-corrected chi connectivity index (χ0v) is 12.5. The fraction of sp³-hybridized carbons (Fsp3) is 0.412. The molecule has 1 saturated carbocycles. The summed E-state index contributed by atoms with van der Waals surface area (Å²) in [7, 11) is 0. The third kappa shape index (κ3) is 2.63. The van der Waals surface area contributed by atoms with Crippen molar-refractivity contribution in [1.82, 2.24) is 9.97 Å². The summed E-state index contributed by atoms with van der Waals surface area (Å²) in [5.74, 6) is 7.16. The largest absolute Gasteiger partial charge is 0.308 e. The summed E-state index contributed by atoms with van der Waals surface area (Å²) in [5, 5.41) is 0. The molecular formula is C17H22N4. The maximum atomic E-state index is 5.56. The van der Waals surface area contributed by atoms with Crippen molar-refractivity contribution in [3.63, 3.8) is 0 Å². The van der Waals surface area contributed by atoms with Crippen molar-refractivity contribution in [3.05, 3.63) is 53.5 Å². The molecule has 110 valence electrons. The van der Waals surface area contributed by atoms with Crippen LogP contribution in [-0.4, -0.2) is 9.97 Å². The van der Waals surface area contributed by atoms with Gasteiger partial charge < -0.3 is 5.43 Å². The van der Waals surface area contributed by atoms with Gasteiger partial charge in [-0.1, -0.05) is 49.6 Å². The van der Waals surface area contributed by atoms with Gasteiger partial charge in [0.15, 0.2) is 0 Å². The first kappa shape index (κ1) is 14.0. The second-order valence-corrected chi connectivity index (χ2v) is 5.87. The Morgan fingerprint density at radius 3 is 2.43 bits per heavy atom. The summed E-state index contributed by atoms with van der Waals surface area (Å²) < 4.78 is 0. The zero-order valence-electron chi connectivity index (χ0n) is 12.5. The van der Waals surface area contributed by atoms with E-state index in [1.165, 1.54) is 24.8 Å². The Morgan fingerprint density at radius 1 is 1.05 bits per heavy atom. The summed E-state index contributed by atoms with van der Waals surface area (Å²) in [6.07, 6.45) is 5.94. The summed E-state index contributed by atoms with van der Waals surface area (Å²) in [6.45, 7) is 1.99. The highest BCUT2D eigenvalue weighted by atomic mass is 15.3. The van der Waals surface area contributed by atoms with Crippen molar-refractivity contribution in [2.24, 2.45) is 5.84 Å². The van der Waals surface area contributed by atoms with Crippen molar-refractivity contribution in [3.8, 4) is 0 Å². The Labute approximate surface area is 125 Å². The van der Waals surface area contributed by atoms with Gasteiger partial charge in [0.1, 0.15) is 11.6 Å². The first-order valence-electron chi connectivity index (χ1n) is 7.63. The number of rotatable bonds is 3. The summed E-state index contributed by atoms with van der Waals surface area (Å²) in [6, 6.07) is 12.5. The average molecular weight is 282 g/mol. The normalized spacial score (nSPS) is 17.4. The van der Waals surface area contributed by atoms with Gasteiger partial charge in [0.25, 0.3) is 0 Å². The number of hydrazine groups is 1. The highest BCUT2D eigenvalue weighted by Gasteiger charge is 2.38. The summed E-state index contributed by atoms with van der Waals surface area (Å²) in [4.78, 5) is 9.42. The topological polar surface area (TPSA) is 63.8 Å². The van der Waals surface area contributed by atoms with Crippen molar-refractivity contribution >= 4 is 5.82 Å². The highest BCUT2D eigenvalue weighted by Crippen LogP contribution is 2.43. The van der Waals surface area contributed by atoms with Crippen LogP contribution in [0.5, 0.6) is 0 Å². The molecule has 0 radical (unpaired) electrons. The molecule has 3 N–H and O–H groups in total. The van der Waals surface area contributed by atoms with Crippen LogP contribution in [0.2, 0.25) is 0 Å². The molecule has 1 aliphatic rings. The van der Waals surface area contributed by atoms with Gasteiger partial charge in [0.05, 0.1) is 5.41 Å². The van der Waals surface area contributed by atoms with Crippen molar-refractivity contribution in [1.29, 1.82) is 0 Å². The van der Waals surface area contributed by atoms with E-state index in [-0.39, 0.29) is 5.41 Å². The van der Waals surface area contributed by atoms with Crippen LogP contribution >= 0.6 is 0 Å². The molecule has 0 aliphatic heterocycles. The Hall–Kier alpha value is -1.94. The number of nitrogens with zero attached hydrogens (tertiary/aromatic N) is 2. The predicted octanol–water partition coefficient (Wildman–Crippen LogP) is 3.32. The number of aryl methyl sites for hydroxylation is 1. The maximum Gasteiger partial charge on any atom is 0.143 e. The molecule has 1 aromatic heterocycles. The molecule has 4 nitrogen and oxygen atoms in total. The van der Waals surface area contributed by atoms with Crippen LogP contribution in [0.3, 0.4) is 0 Å². The van der Waals surface area contributed by atoms with Gasteiger partial charge in [-0.15, -0.1) is 0 Å². The Bertz CT molecular complexity index is 603. The molecule has 1 fully saturated rings. The molecular weight excluding hydrogens is 260 g/mol. The number of hydrogen-bond acceptors (Lipinski definition) is 4. The van der Waals surface area contributed by atoms with Crippen LogP contribution in [0.15, 0.2) is 36.4 Å². The van der Waals surface area contributed by atoms with E-state index in [1.807, 2.05) is 13.0 Å². The Morgan fingerprint density at radius 2 is 1.76 bits per heavy atom. The third-order valence-electron chi connectivity index (χ3n) is 4.46. The van der Waals surface area contributed by atoms with Crippen LogP contribution in [0, 0.1) is 6.92 Å². The lowest BCUT2D eigenvalue weighted by molar-refractivity contribution is 0.330. The van der Waals surface area contributed by atoms with Crippen LogP contribution in [0.4, 0.5) is 5.82 Å². The third-order valence-corrected chi connectivity index (χ3v) is 4.46. The first-order valence-corrected chi connectivity index (χ1v) is 7.63. The first-order chi connectivity index (χ1) is 10.2. The van der Waals surface area contributed by atoms with Gasteiger partial charge in [0, 0.05) is 11.8 Å². The van der Waals surface area contributed by atoms with Gasteiger partial charge in [-0.05, 0) is 25.3 Å². The number of nitrogens with two attached hydrogens (primary N) is 1. The number of aromatic nitrogens is 2. The number of nitrogens with one attached hydrogen (secondary N) is 1. The molecule has 2 aromatic rings. The molecule has 0 unspecified atom stereocenters. The predicted molar refractivity (Wildman–Crippen MR) is 84.9 cm³/mol. The maximum absolute atomic E-state index is 5.56. The Kier molecular flexibility index (Phi) is 3.88. The lowest BCUT2D eigenvalue weighted by atomic mass is 9.68. The van der Waals surface area contributed by atoms with Crippen molar-refractivity contribution in [2.75, 3.05) is 5.43 Å². The molecule has 1 aliphatic carbocycles. The minimum atomic E-state index is -0.0723. The van der Waals surface area contributed by atoms with Crippen LogP contribution in [0.25, 0.3) is 0 Å². The zero-order chi connectivity index (χ0) is 14.7. The molecule has 0 atom stereocenters. The highest BCUT2D eigenvalue weighted by molar-refractivity contribution is 5.40. The van der Waals surface area contributed by atoms with Crippen LogP contribution < -0.4 is 11.3 Å². The number of benzene rings is 1. The van der Waals surface area contributed by atoms with Gasteiger partial charge in [-0.2, -0.15) is 0 Å². The van der Waals surface area contributed by atoms with E-state index in [4.69, 9.17) is 10.8 Å². The fourth-order valence-electron chi connectivity index (χ4n) is 3.41.